The molecule has 0 saturated carbocycles. The number of aryl methyl sites for hydroxylation is 1. The Labute approximate surface area is 148 Å². The van der Waals surface area contributed by atoms with Crippen LogP contribution in [0.2, 0.25) is 0 Å². The van der Waals surface area contributed by atoms with Crippen molar-refractivity contribution in [2.75, 3.05) is 27.3 Å². The van der Waals surface area contributed by atoms with Crippen LogP contribution in [0.25, 0.3) is 0 Å². The Hall–Kier alpha value is -2.50. The van der Waals surface area contributed by atoms with Gasteiger partial charge in [0.05, 0.1) is 14.2 Å². The Morgan fingerprint density at radius 3 is 2.76 bits per heavy atom. The number of likely N-dealkylation sites (tertiary alicyclic amines) is 1. The summed E-state index contributed by atoms with van der Waals surface area (Å²) in [5.41, 5.74) is 1.21. The summed E-state index contributed by atoms with van der Waals surface area (Å²) in [6.45, 7) is 3.91. The summed E-state index contributed by atoms with van der Waals surface area (Å²) in [6.07, 6.45) is 5.55. The number of imidazole rings is 1. The number of carbonyl (C=O) groups is 1. The van der Waals surface area contributed by atoms with E-state index in [1.165, 1.54) is 5.56 Å². The van der Waals surface area contributed by atoms with Crippen LogP contribution in [0.5, 0.6) is 11.5 Å². The van der Waals surface area contributed by atoms with Crippen molar-refractivity contribution >= 4 is 5.91 Å². The lowest BCUT2D eigenvalue weighted by molar-refractivity contribution is -0.130. The van der Waals surface area contributed by atoms with E-state index in [9.17, 15) is 4.79 Å². The topological polar surface area (TPSA) is 56.6 Å². The molecule has 1 unspecified atom stereocenters. The molecule has 1 amide bonds. The highest BCUT2D eigenvalue weighted by atomic mass is 16.5. The molecular formula is C19H25N3O3. The Morgan fingerprint density at radius 1 is 1.28 bits per heavy atom. The van der Waals surface area contributed by atoms with Crippen LogP contribution in [0.1, 0.15) is 17.8 Å². The Bertz CT molecular complexity index is 741. The first-order valence-electron chi connectivity index (χ1n) is 8.57. The van der Waals surface area contributed by atoms with Gasteiger partial charge in [-0.25, -0.2) is 4.98 Å². The normalized spacial score (nSPS) is 16.9. The van der Waals surface area contributed by atoms with Crippen LogP contribution in [0, 0.1) is 12.8 Å². The molecule has 0 aliphatic carbocycles. The standard InChI is InChI=1S/C19H25N3O3/c1-14-20-7-9-21(14)13-19(23)22-8-6-16(12-22)10-15-4-5-17(24-2)18(11-15)25-3/h4-5,7,9,11,16H,6,8,10,12-13H2,1-3H3. The fourth-order valence-electron chi connectivity index (χ4n) is 3.38. The largest absolute Gasteiger partial charge is 0.493 e. The van der Waals surface area contributed by atoms with E-state index < -0.39 is 0 Å². The van der Waals surface area contributed by atoms with Crippen LogP contribution in [-0.4, -0.2) is 47.7 Å². The second kappa shape index (κ2) is 7.59. The number of aromatic nitrogens is 2. The molecule has 1 aliphatic heterocycles. The number of rotatable bonds is 6. The summed E-state index contributed by atoms with van der Waals surface area (Å²) in [4.78, 5) is 18.6. The van der Waals surface area contributed by atoms with Gasteiger partial charge >= 0.3 is 0 Å². The third-order valence-corrected chi connectivity index (χ3v) is 4.84. The van der Waals surface area contributed by atoms with Crippen molar-refractivity contribution in [1.82, 2.24) is 14.5 Å². The summed E-state index contributed by atoms with van der Waals surface area (Å²) >= 11 is 0. The predicted octanol–water partition coefficient (Wildman–Crippen LogP) is 2.30. The maximum atomic E-state index is 12.5. The van der Waals surface area contributed by atoms with Crippen molar-refractivity contribution in [3.63, 3.8) is 0 Å². The highest BCUT2D eigenvalue weighted by molar-refractivity contribution is 5.76. The SMILES string of the molecule is COc1ccc(CC2CCN(C(=O)Cn3ccnc3C)C2)cc1OC. The minimum atomic E-state index is 0.163. The van der Waals surface area contributed by atoms with Crippen molar-refractivity contribution in [3.05, 3.63) is 42.0 Å². The van der Waals surface area contributed by atoms with Gasteiger partial charge in [0.15, 0.2) is 11.5 Å². The van der Waals surface area contributed by atoms with Gasteiger partial charge in [0.1, 0.15) is 12.4 Å². The molecule has 0 radical (unpaired) electrons. The molecule has 0 N–H and O–H groups in total. The number of hydrogen-bond acceptors (Lipinski definition) is 4. The van der Waals surface area contributed by atoms with E-state index in [2.05, 4.69) is 11.1 Å². The molecule has 0 bridgehead atoms. The van der Waals surface area contributed by atoms with Gasteiger partial charge in [0, 0.05) is 25.5 Å². The zero-order valence-electron chi connectivity index (χ0n) is 15.1. The van der Waals surface area contributed by atoms with Crippen LogP contribution in [0.4, 0.5) is 0 Å². The average molecular weight is 343 g/mol. The van der Waals surface area contributed by atoms with Crippen molar-refractivity contribution in [1.29, 1.82) is 0 Å². The molecule has 25 heavy (non-hydrogen) atoms. The number of amides is 1. The van der Waals surface area contributed by atoms with E-state index in [1.54, 1.807) is 20.4 Å². The lowest BCUT2D eigenvalue weighted by Gasteiger charge is -2.17. The maximum absolute atomic E-state index is 12.5. The number of ether oxygens (including phenoxy) is 2. The van der Waals surface area contributed by atoms with Gasteiger partial charge in [-0.15, -0.1) is 0 Å². The van der Waals surface area contributed by atoms with Gasteiger partial charge in [0.25, 0.3) is 0 Å². The van der Waals surface area contributed by atoms with Gasteiger partial charge in [-0.05, 0) is 43.4 Å². The highest BCUT2D eigenvalue weighted by Crippen LogP contribution is 2.30. The van der Waals surface area contributed by atoms with E-state index in [-0.39, 0.29) is 5.91 Å². The third-order valence-electron chi connectivity index (χ3n) is 4.84. The minimum Gasteiger partial charge on any atom is -0.493 e. The van der Waals surface area contributed by atoms with E-state index in [0.717, 1.165) is 43.3 Å². The molecule has 0 spiro atoms. The van der Waals surface area contributed by atoms with Crippen molar-refractivity contribution < 1.29 is 14.3 Å². The fraction of sp³-hybridized carbons (Fsp3) is 0.474. The van der Waals surface area contributed by atoms with Gasteiger partial charge in [-0.2, -0.15) is 0 Å². The molecule has 2 heterocycles. The zero-order valence-corrected chi connectivity index (χ0v) is 15.1. The zero-order chi connectivity index (χ0) is 17.8. The number of hydrogen-bond donors (Lipinski definition) is 0. The van der Waals surface area contributed by atoms with Crippen LogP contribution >= 0.6 is 0 Å². The number of carbonyl (C=O) groups excluding carboxylic acids is 1. The second-order valence-corrected chi connectivity index (χ2v) is 6.49. The van der Waals surface area contributed by atoms with E-state index in [1.807, 2.05) is 34.7 Å². The summed E-state index contributed by atoms with van der Waals surface area (Å²) in [5, 5.41) is 0. The number of methoxy groups -OCH3 is 2. The Kier molecular flexibility index (Phi) is 5.26. The smallest absolute Gasteiger partial charge is 0.242 e. The number of benzene rings is 1. The van der Waals surface area contributed by atoms with Gasteiger partial charge < -0.3 is 18.9 Å². The first-order chi connectivity index (χ1) is 12.1. The Morgan fingerprint density at radius 2 is 2.08 bits per heavy atom. The van der Waals surface area contributed by atoms with Crippen LogP contribution in [0.15, 0.2) is 30.6 Å². The van der Waals surface area contributed by atoms with Crippen molar-refractivity contribution in [2.45, 2.75) is 26.3 Å². The van der Waals surface area contributed by atoms with Crippen LogP contribution in [0.3, 0.4) is 0 Å². The second-order valence-electron chi connectivity index (χ2n) is 6.49. The van der Waals surface area contributed by atoms with Gasteiger partial charge in [-0.1, -0.05) is 6.07 Å². The van der Waals surface area contributed by atoms with Crippen LogP contribution in [-0.2, 0) is 17.8 Å². The van der Waals surface area contributed by atoms with Gasteiger partial charge in [-0.3, -0.25) is 4.79 Å². The lowest BCUT2D eigenvalue weighted by atomic mass is 9.98. The Balaban J connectivity index is 1.58. The monoisotopic (exact) mass is 343 g/mol. The van der Waals surface area contributed by atoms with Crippen LogP contribution < -0.4 is 9.47 Å². The molecular weight excluding hydrogens is 318 g/mol. The van der Waals surface area contributed by atoms with E-state index >= 15 is 0 Å². The first kappa shape index (κ1) is 17.3. The maximum Gasteiger partial charge on any atom is 0.242 e. The fourth-order valence-corrected chi connectivity index (χ4v) is 3.38. The molecule has 134 valence electrons. The predicted molar refractivity (Wildman–Crippen MR) is 94.9 cm³/mol. The molecule has 3 rings (SSSR count). The first-order valence-corrected chi connectivity index (χ1v) is 8.57. The highest BCUT2D eigenvalue weighted by Gasteiger charge is 2.26. The quantitative estimate of drug-likeness (QED) is 0.808. The van der Waals surface area contributed by atoms with Crippen molar-refractivity contribution in [2.24, 2.45) is 5.92 Å². The molecule has 6 heteroatoms. The molecule has 1 atom stereocenters. The molecule has 2 aromatic rings. The summed E-state index contributed by atoms with van der Waals surface area (Å²) in [6, 6.07) is 6.03. The number of nitrogens with zero attached hydrogens (tertiary/aromatic N) is 3. The molecule has 1 aromatic heterocycles. The summed E-state index contributed by atoms with van der Waals surface area (Å²) in [7, 11) is 3.29. The summed E-state index contributed by atoms with van der Waals surface area (Å²) in [5.74, 6) is 3.00. The molecule has 6 nitrogen and oxygen atoms in total. The lowest BCUT2D eigenvalue weighted by Crippen LogP contribution is -2.32. The van der Waals surface area contributed by atoms with Gasteiger partial charge in [0.2, 0.25) is 5.91 Å². The molecule has 1 fully saturated rings. The van der Waals surface area contributed by atoms with E-state index in [4.69, 9.17) is 9.47 Å². The van der Waals surface area contributed by atoms with Crippen molar-refractivity contribution in [3.8, 4) is 11.5 Å². The minimum absolute atomic E-state index is 0.163. The molecule has 1 aliphatic rings. The third kappa shape index (κ3) is 3.95. The summed E-state index contributed by atoms with van der Waals surface area (Å²) < 4.78 is 12.5. The average Bonchev–Trinajstić information content (AvgIpc) is 3.24. The van der Waals surface area contributed by atoms with E-state index in [0.29, 0.717) is 12.5 Å². The molecule has 1 saturated heterocycles. The molecule has 1 aromatic carbocycles.